The van der Waals surface area contributed by atoms with Gasteiger partial charge in [-0.05, 0) is 32.0 Å². The molecule has 88 valence electrons. The minimum absolute atomic E-state index is 0.485. The van der Waals surface area contributed by atoms with Crippen LogP contribution < -0.4 is 10.2 Å². The minimum atomic E-state index is -0.485. The third kappa shape index (κ3) is 3.79. The molecule has 0 aliphatic rings. The molecule has 0 aliphatic heterocycles. The Kier molecular flexibility index (Phi) is 5.21. The van der Waals surface area contributed by atoms with Crippen molar-refractivity contribution in [3.8, 4) is 0 Å². The molecule has 6 heteroatoms. The van der Waals surface area contributed by atoms with E-state index in [0.717, 1.165) is 18.5 Å². The fourth-order valence-corrected chi connectivity index (χ4v) is 2.01. The van der Waals surface area contributed by atoms with E-state index in [2.05, 4.69) is 11.9 Å². The quantitative estimate of drug-likeness (QED) is 0.501. The Balaban J connectivity index is 2.40. The number of unbranched alkanes of at least 4 members (excludes halogenated alkanes) is 1. The van der Waals surface area contributed by atoms with Crippen LogP contribution in [0.1, 0.15) is 18.5 Å². The zero-order valence-electron chi connectivity index (χ0n) is 9.06. The molecule has 0 saturated carbocycles. The molecule has 0 atom stereocenters. The highest BCUT2D eigenvalue weighted by Crippen LogP contribution is 2.07. The second-order valence-electron chi connectivity index (χ2n) is 3.17. The first-order valence-electron chi connectivity index (χ1n) is 4.89. The summed E-state index contributed by atoms with van der Waals surface area (Å²) < 4.78 is 1.88. The summed E-state index contributed by atoms with van der Waals surface area (Å²) in [6.45, 7) is 6.00. The summed E-state index contributed by atoms with van der Waals surface area (Å²) in [5.74, 6) is 0. The van der Waals surface area contributed by atoms with Gasteiger partial charge in [-0.2, -0.15) is 4.73 Å². The maximum Gasteiger partial charge on any atom is 0.432 e. The number of aromatic nitrogens is 1. The van der Waals surface area contributed by atoms with E-state index in [9.17, 15) is 4.79 Å². The number of rotatable bonds is 5. The first kappa shape index (κ1) is 12.9. The number of carbonyl (C=O) groups excluding carboxylic acids is 1. The molecule has 0 saturated heterocycles. The first-order valence-corrected chi connectivity index (χ1v) is 6.18. The van der Waals surface area contributed by atoms with Gasteiger partial charge in [-0.1, -0.05) is 6.08 Å². The number of hydrogen-bond acceptors (Lipinski definition) is 4. The molecule has 0 unspecified atom stereocenters. The van der Waals surface area contributed by atoms with E-state index < -0.39 is 6.09 Å². The zero-order valence-corrected chi connectivity index (χ0v) is 10.7. The van der Waals surface area contributed by atoms with Crippen LogP contribution in [0.15, 0.2) is 18.0 Å². The number of nitrogens with one attached hydrogen (secondary N) is 1. The van der Waals surface area contributed by atoms with Gasteiger partial charge in [-0.15, -0.1) is 17.9 Å². The summed E-state index contributed by atoms with van der Waals surface area (Å²) in [4.78, 5) is 16.4. The molecule has 0 spiro atoms. The van der Waals surface area contributed by atoms with Gasteiger partial charge in [0.25, 0.3) is 0 Å². The van der Waals surface area contributed by atoms with Crippen LogP contribution >= 0.6 is 23.6 Å². The predicted octanol–water partition coefficient (Wildman–Crippen LogP) is 2.69. The van der Waals surface area contributed by atoms with Gasteiger partial charge in [0, 0.05) is 11.9 Å². The van der Waals surface area contributed by atoms with Gasteiger partial charge in [0.15, 0.2) is 3.95 Å². The predicted molar refractivity (Wildman–Crippen MR) is 67.3 cm³/mol. The van der Waals surface area contributed by atoms with Gasteiger partial charge < -0.3 is 10.2 Å². The van der Waals surface area contributed by atoms with Gasteiger partial charge in [0.1, 0.15) is 0 Å². The lowest BCUT2D eigenvalue weighted by Crippen LogP contribution is -2.33. The fraction of sp³-hybridized carbons (Fsp3) is 0.400. The van der Waals surface area contributed by atoms with Crippen molar-refractivity contribution in [3.05, 3.63) is 27.7 Å². The van der Waals surface area contributed by atoms with Crippen LogP contribution in [0.5, 0.6) is 0 Å². The van der Waals surface area contributed by atoms with Crippen molar-refractivity contribution >= 4 is 29.6 Å². The number of hydrogen-bond donors (Lipinski definition) is 1. The molecule has 1 rings (SSSR count). The number of amides is 1. The van der Waals surface area contributed by atoms with E-state index in [-0.39, 0.29) is 0 Å². The van der Waals surface area contributed by atoms with E-state index >= 15 is 0 Å². The van der Waals surface area contributed by atoms with E-state index in [0.29, 0.717) is 10.5 Å². The Bertz CT molecular complexity index is 423. The van der Waals surface area contributed by atoms with Crippen LogP contribution in [0.4, 0.5) is 4.79 Å². The topological polar surface area (TPSA) is 43.3 Å². The summed E-state index contributed by atoms with van der Waals surface area (Å²) in [5.41, 5.74) is 0.816. The molecule has 0 aliphatic carbocycles. The summed E-state index contributed by atoms with van der Waals surface area (Å²) in [6.07, 6.45) is 3.05. The maximum absolute atomic E-state index is 11.4. The van der Waals surface area contributed by atoms with Crippen molar-refractivity contribution in [1.29, 1.82) is 0 Å². The highest BCUT2D eigenvalue weighted by Gasteiger charge is 2.06. The van der Waals surface area contributed by atoms with Crippen LogP contribution in [0, 0.1) is 10.9 Å². The number of aryl methyl sites for hydroxylation is 1. The third-order valence-corrected chi connectivity index (χ3v) is 3.13. The van der Waals surface area contributed by atoms with Crippen molar-refractivity contribution in [3.63, 3.8) is 0 Å². The molecule has 1 N–H and O–H groups in total. The molecule has 0 radical (unpaired) electrons. The van der Waals surface area contributed by atoms with Gasteiger partial charge in [-0.3, -0.25) is 0 Å². The van der Waals surface area contributed by atoms with Crippen LogP contribution in [0.3, 0.4) is 0 Å². The average molecular weight is 258 g/mol. The molecular weight excluding hydrogens is 244 g/mol. The maximum atomic E-state index is 11.4. The lowest BCUT2D eigenvalue weighted by atomic mass is 10.3. The van der Waals surface area contributed by atoms with Crippen molar-refractivity contribution in [2.24, 2.45) is 0 Å². The van der Waals surface area contributed by atoms with Crippen molar-refractivity contribution in [2.45, 2.75) is 19.8 Å². The summed E-state index contributed by atoms with van der Waals surface area (Å²) in [6, 6.07) is 0. The van der Waals surface area contributed by atoms with Crippen LogP contribution in [-0.2, 0) is 0 Å². The Morgan fingerprint density at radius 1 is 1.81 bits per heavy atom. The Morgan fingerprint density at radius 2 is 2.56 bits per heavy atom. The number of carbonyl (C=O) groups is 1. The molecule has 0 aromatic carbocycles. The van der Waals surface area contributed by atoms with E-state index in [1.54, 1.807) is 0 Å². The van der Waals surface area contributed by atoms with E-state index in [1.165, 1.54) is 16.1 Å². The van der Waals surface area contributed by atoms with Crippen LogP contribution in [0.2, 0.25) is 0 Å². The Morgan fingerprint density at radius 3 is 3.12 bits per heavy atom. The molecule has 0 bridgehead atoms. The molecule has 0 fully saturated rings. The standard InChI is InChI=1S/C10H14N2O2S2/c1-3-4-5-6-11-9(13)14-12-8(2)7-16-10(12)15/h3,7H,1,4-6H2,2H3,(H,11,13). The second kappa shape index (κ2) is 6.44. The average Bonchev–Trinajstić information content (AvgIpc) is 2.56. The zero-order chi connectivity index (χ0) is 12.0. The van der Waals surface area contributed by atoms with Gasteiger partial charge in [0.2, 0.25) is 0 Å². The Hall–Kier alpha value is -1.14. The fourth-order valence-electron chi connectivity index (χ4n) is 1.04. The number of nitrogens with zero attached hydrogens (tertiary/aromatic N) is 1. The summed E-state index contributed by atoms with van der Waals surface area (Å²) >= 11 is 6.37. The molecular formula is C10H14N2O2S2. The summed E-state index contributed by atoms with van der Waals surface area (Å²) in [5, 5.41) is 4.48. The SMILES string of the molecule is C=CCCCNC(=O)On1c(C)csc1=S. The van der Waals surface area contributed by atoms with E-state index in [1.807, 2.05) is 18.4 Å². The molecule has 1 heterocycles. The van der Waals surface area contributed by atoms with Crippen molar-refractivity contribution in [2.75, 3.05) is 6.54 Å². The lowest BCUT2D eigenvalue weighted by Gasteiger charge is -2.07. The largest absolute Gasteiger partial charge is 0.432 e. The van der Waals surface area contributed by atoms with Crippen molar-refractivity contribution < 1.29 is 9.63 Å². The smallest absolute Gasteiger partial charge is 0.320 e. The normalized spacial score (nSPS) is 9.81. The van der Waals surface area contributed by atoms with Crippen LogP contribution in [-0.4, -0.2) is 17.4 Å². The molecule has 16 heavy (non-hydrogen) atoms. The van der Waals surface area contributed by atoms with Gasteiger partial charge in [-0.25, -0.2) is 4.79 Å². The number of allylic oxidation sites excluding steroid dienone is 1. The third-order valence-electron chi connectivity index (χ3n) is 1.85. The molecule has 4 nitrogen and oxygen atoms in total. The van der Waals surface area contributed by atoms with E-state index in [4.69, 9.17) is 17.1 Å². The second-order valence-corrected chi connectivity index (χ2v) is 4.68. The molecule has 1 aromatic heterocycles. The highest BCUT2D eigenvalue weighted by molar-refractivity contribution is 7.73. The molecule has 1 aromatic rings. The highest BCUT2D eigenvalue weighted by atomic mass is 32.1. The van der Waals surface area contributed by atoms with Crippen molar-refractivity contribution in [1.82, 2.24) is 10.0 Å². The molecule has 1 amide bonds. The van der Waals surface area contributed by atoms with Gasteiger partial charge in [0.05, 0.1) is 5.69 Å². The lowest BCUT2D eigenvalue weighted by molar-refractivity contribution is 0.130. The first-order chi connectivity index (χ1) is 7.65. The van der Waals surface area contributed by atoms with Gasteiger partial charge >= 0.3 is 6.09 Å². The summed E-state index contributed by atoms with van der Waals surface area (Å²) in [7, 11) is 0. The number of thiazole rings is 1. The monoisotopic (exact) mass is 258 g/mol. The van der Waals surface area contributed by atoms with Crippen LogP contribution in [0.25, 0.3) is 0 Å². The Labute approximate surface area is 104 Å². The minimum Gasteiger partial charge on any atom is -0.320 e.